The van der Waals surface area contributed by atoms with Gasteiger partial charge in [0.1, 0.15) is 29.7 Å². The summed E-state index contributed by atoms with van der Waals surface area (Å²) in [7, 11) is -0.558. The summed E-state index contributed by atoms with van der Waals surface area (Å²) in [5.74, 6) is 2.44. The Balaban J connectivity index is 1.48. The molecule has 1 atom stereocenters. The van der Waals surface area contributed by atoms with Gasteiger partial charge in [0.15, 0.2) is 8.32 Å². The molecule has 1 fully saturated rings. The van der Waals surface area contributed by atoms with Crippen LogP contribution in [0.4, 0.5) is 23.3 Å². The summed E-state index contributed by atoms with van der Waals surface area (Å²) < 4.78 is 12.2. The lowest BCUT2D eigenvalue weighted by molar-refractivity contribution is 0.122. The van der Waals surface area contributed by atoms with Gasteiger partial charge in [0.05, 0.1) is 24.5 Å². The molecule has 0 unspecified atom stereocenters. The molecular weight excluding hydrogens is 571 g/mol. The van der Waals surface area contributed by atoms with Gasteiger partial charge in [-0.3, -0.25) is 0 Å². The normalized spacial score (nSPS) is 18.5. The second-order valence-electron chi connectivity index (χ2n) is 13.2. The van der Waals surface area contributed by atoms with Crippen molar-refractivity contribution in [3.05, 3.63) is 47.4 Å². The Labute approximate surface area is 261 Å². The van der Waals surface area contributed by atoms with Gasteiger partial charge < -0.3 is 29.0 Å². The molecule has 0 spiro atoms. The quantitative estimate of drug-likeness (QED) is 0.269. The molecule has 13 heteroatoms. The van der Waals surface area contributed by atoms with Crippen molar-refractivity contribution in [3.63, 3.8) is 0 Å². The van der Waals surface area contributed by atoms with E-state index in [2.05, 4.69) is 78.1 Å². The minimum atomic E-state index is -2.06. The summed E-state index contributed by atoms with van der Waals surface area (Å²) in [6.45, 7) is 19.0. The molecule has 5 rings (SSSR count). The highest BCUT2D eigenvalue weighted by molar-refractivity contribution is 6.74. The Morgan fingerprint density at radius 1 is 1.20 bits per heavy atom. The Bertz CT molecular complexity index is 1590. The van der Waals surface area contributed by atoms with Gasteiger partial charge in [-0.15, -0.1) is 0 Å². The second-order valence-corrected chi connectivity index (χ2v) is 18.0. The Kier molecular flexibility index (Phi) is 8.80. The predicted molar refractivity (Wildman–Crippen MR) is 176 cm³/mol. The largest absolute Gasteiger partial charge is 0.416 e. The molecule has 4 heterocycles. The minimum Gasteiger partial charge on any atom is -0.416 e. The van der Waals surface area contributed by atoms with Crippen LogP contribution in [-0.2, 0) is 19.4 Å². The summed E-state index contributed by atoms with van der Waals surface area (Å²) in [5.41, 5.74) is 3.16. The standard InChI is InChI=1S/C31H40BN8O3Si/c1-21-35-26(16-27(36-21)39-10-12-42-13-11-39)38-29-34-9-8-25(37-29)22-14-23(17-33)28-24(15-22)31(5,18-40(28)32-20-41)19-43-44(6,7)30(2,3)4/h8-9,14-16,20H,10-13,18-19H2,1-7H3,(H,34,35,36,37,38)/t31-/m1/s1. The first-order valence-corrected chi connectivity index (χ1v) is 17.8. The third kappa shape index (κ3) is 6.48. The average molecular weight is 612 g/mol. The molecule has 1 saturated heterocycles. The summed E-state index contributed by atoms with van der Waals surface area (Å²) >= 11 is 0. The molecule has 0 saturated carbocycles. The zero-order chi connectivity index (χ0) is 31.7. The number of nitrogens with zero attached hydrogens (tertiary/aromatic N) is 7. The number of hydrogen-bond donors (Lipinski definition) is 1. The monoisotopic (exact) mass is 611 g/mol. The number of morpholine rings is 1. The molecule has 11 nitrogen and oxygen atoms in total. The number of carbonyl (C=O) groups excluding carboxylic acids is 1. The maximum Gasteiger partial charge on any atom is 0.329 e. The van der Waals surface area contributed by atoms with E-state index in [1.54, 1.807) is 6.20 Å². The number of aryl methyl sites for hydroxylation is 1. The van der Waals surface area contributed by atoms with E-state index in [0.29, 0.717) is 55.2 Å². The van der Waals surface area contributed by atoms with Crippen LogP contribution in [-0.4, -0.2) is 81.3 Å². The number of benzene rings is 1. The molecule has 1 aromatic carbocycles. The topological polar surface area (TPSA) is 129 Å². The number of carbonyl (C=O) groups is 1. The van der Waals surface area contributed by atoms with E-state index in [1.165, 1.54) is 7.41 Å². The lowest BCUT2D eigenvalue weighted by Crippen LogP contribution is -2.46. The molecule has 0 aliphatic carbocycles. The number of ether oxygens (including phenoxy) is 1. The number of rotatable bonds is 9. The Morgan fingerprint density at radius 3 is 2.64 bits per heavy atom. The third-order valence-corrected chi connectivity index (χ3v) is 13.3. The lowest BCUT2D eigenvalue weighted by Gasteiger charge is -2.39. The van der Waals surface area contributed by atoms with Gasteiger partial charge in [-0.2, -0.15) is 5.26 Å². The zero-order valence-electron chi connectivity index (χ0n) is 26.6. The maximum absolute atomic E-state index is 11.6. The van der Waals surface area contributed by atoms with Crippen molar-refractivity contribution in [2.24, 2.45) is 0 Å². The van der Waals surface area contributed by atoms with Crippen molar-refractivity contribution in [1.82, 2.24) is 19.9 Å². The van der Waals surface area contributed by atoms with Crippen LogP contribution in [0.5, 0.6) is 0 Å². The molecule has 2 aliphatic heterocycles. The Hall–Kier alpha value is -3.86. The van der Waals surface area contributed by atoms with Crippen LogP contribution >= 0.6 is 0 Å². The van der Waals surface area contributed by atoms with Crippen LogP contribution in [0.2, 0.25) is 18.1 Å². The maximum atomic E-state index is 11.6. The number of aromatic nitrogens is 4. The number of nitriles is 1. The minimum absolute atomic E-state index is 0.0502. The van der Waals surface area contributed by atoms with Gasteiger partial charge in [0, 0.05) is 55.2 Å². The SMILES string of the molecule is Cc1nc(Nc2nccc(-c3cc(C#N)c4c(c3)[C@@](C)(CO[Si](C)(C)C(C)(C)C)CN4[B]C=O)n2)cc(N2CCOCC2)n1. The predicted octanol–water partition coefficient (Wildman–Crippen LogP) is 4.60. The van der Waals surface area contributed by atoms with Crippen LogP contribution in [0.3, 0.4) is 0 Å². The van der Waals surface area contributed by atoms with Crippen LogP contribution in [0, 0.1) is 18.3 Å². The van der Waals surface area contributed by atoms with Gasteiger partial charge in [-0.1, -0.05) is 27.7 Å². The van der Waals surface area contributed by atoms with Crippen LogP contribution < -0.4 is 15.0 Å². The van der Waals surface area contributed by atoms with Gasteiger partial charge in [0.25, 0.3) is 0 Å². The van der Waals surface area contributed by atoms with Gasteiger partial charge in [-0.05, 0) is 48.8 Å². The second kappa shape index (κ2) is 12.3. The molecule has 3 aromatic rings. The summed E-state index contributed by atoms with van der Waals surface area (Å²) in [6.07, 6.45) is 2.45. The van der Waals surface area contributed by atoms with Crippen molar-refractivity contribution in [3.8, 4) is 17.3 Å². The molecule has 229 valence electrons. The van der Waals surface area contributed by atoms with Crippen molar-refractivity contribution < 1.29 is 14.0 Å². The van der Waals surface area contributed by atoms with Crippen molar-refractivity contribution in [2.45, 2.75) is 58.2 Å². The van der Waals surface area contributed by atoms with E-state index < -0.39 is 13.7 Å². The van der Waals surface area contributed by atoms with Gasteiger partial charge in [0.2, 0.25) is 5.95 Å². The fraction of sp³-hybridized carbons (Fsp3) is 0.484. The first-order chi connectivity index (χ1) is 20.8. The smallest absolute Gasteiger partial charge is 0.329 e. The van der Waals surface area contributed by atoms with E-state index in [0.717, 1.165) is 41.9 Å². The fourth-order valence-electron chi connectivity index (χ4n) is 5.32. The number of hydrogen-bond acceptors (Lipinski definition) is 11. The van der Waals surface area contributed by atoms with Gasteiger partial charge >= 0.3 is 7.41 Å². The first kappa shape index (κ1) is 31.6. The van der Waals surface area contributed by atoms with Crippen molar-refractivity contribution in [2.75, 3.05) is 54.5 Å². The molecule has 1 radical (unpaired) electrons. The number of nitrogens with one attached hydrogen (secondary N) is 1. The first-order valence-electron chi connectivity index (χ1n) is 14.9. The molecule has 0 amide bonds. The van der Waals surface area contributed by atoms with E-state index in [-0.39, 0.29) is 5.04 Å². The van der Waals surface area contributed by atoms with E-state index in [4.69, 9.17) is 14.1 Å². The van der Waals surface area contributed by atoms with Crippen LogP contribution in [0.15, 0.2) is 30.5 Å². The highest BCUT2D eigenvalue weighted by atomic mass is 28.4. The van der Waals surface area contributed by atoms with Crippen molar-refractivity contribution in [1.29, 1.82) is 5.26 Å². The third-order valence-electron chi connectivity index (χ3n) is 8.84. The van der Waals surface area contributed by atoms with Gasteiger partial charge in [-0.25, -0.2) is 19.9 Å². The number of anilines is 4. The van der Waals surface area contributed by atoms with E-state index in [1.807, 2.05) is 29.9 Å². The van der Waals surface area contributed by atoms with Crippen LogP contribution in [0.1, 0.15) is 44.6 Å². The van der Waals surface area contributed by atoms with E-state index >= 15 is 0 Å². The molecule has 0 bridgehead atoms. The van der Waals surface area contributed by atoms with Crippen molar-refractivity contribution >= 4 is 45.2 Å². The van der Waals surface area contributed by atoms with E-state index in [9.17, 15) is 10.1 Å². The summed E-state index contributed by atoms with van der Waals surface area (Å²) in [6, 6.07) is 9.97. The molecule has 1 N–H and O–H groups in total. The highest BCUT2D eigenvalue weighted by Crippen LogP contribution is 2.46. The fourth-order valence-corrected chi connectivity index (χ4v) is 6.43. The average Bonchev–Trinajstić information content (AvgIpc) is 3.27. The highest BCUT2D eigenvalue weighted by Gasteiger charge is 2.44. The molecule has 44 heavy (non-hydrogen) atoms. The Morgan fingerprint density at radius 2 is 1.95 bits per heavy atom. The summed E-state index contributed by atoms with van der Waals surface area (Å²) in [5, 5.41) is 13.5. The van der Waals surface area contributed by atoms with Crippen LogP contribution in [0.25, 0.3) is 11.3 Å². The molecule has 2 aromatic heterocycles. The molecular formula is C31H40BN8O3Si. The zero-order valence-corrected chi connectivity index (χ0v) is 27.6. The number of fused-ring (bicyclic) bond motifs is 1. The molecule has 2 aliphatic rings. The lowest BCUT2D eigenvalue weighted by atomic mass is 9.83. The summed E-state index contributed by atoms with van der Waals surface area (Å²) in [4.78, 5) is 34.0.